The van der Waals surface area contributed by atoms with Crippen LogP contribution in [-0.2, 0) is 6.54 Å². The van der Waals surface area contributed by atoms with Gasteiger partial charge in [0.25, 0.3) is 0 Å². The molecule has 2 aromatic heterocycles. The first kappa shape index (κ1) is 9.27. The minimum absolute atomic E-state index is 0.451. The molecule has 3 nitrogen and oxygen atoms in total. The molecule has 2 rings (SSSR count). The van der Waals surface area contributed by atoms with Crippen molar-refractivity contribution in [3.8, 4) is 10.4 Å². The maximum Gasteiger partial charge on any atom is 0.0605 e. The lowest BCUT2D eigenvalue weighted by Crippen LogP contribution is -1.69. The lowest BCUT2D eigenvalue weighted by atomic mass is 10.2. The lowest BCUT2D eigenvalue weighted by Gasteiger charge is -1.87. The third-order valence-corrected chi connectivity index (χ3v) is 3.59. The van der Waals surface area contributed by atoms with Crippen molar-refractivity contribution in [1.82, 2.24) is 0 Å². The Labute approximate surface area is 89.3 Å². The molecule has 70 valence electrons. The molecule has 0 atom stereocenters. The van der Waals surface area contributed by atoms with Crippen LogP contribution in [0.2, 0.25) is 0 Å². The van der Waals surface area contributed by atoms with Crippen LogP contribution in [0.4, 0.5) is 0 Å². The molecule has 0 unspecified atom stereocenters. The number of azide groups is 1. The molecule has 0 radical (unpaired) electrons. The molecular formula is C9H7N3S2. The summed E-state index contributed by atoms with van der Waals surface area (Å²) in [4.78, 5) is 5.10. The molecule has 2 aromatic rings. The summed E-state index contributed by atoms with van der Waals surface area (Å²) >= 11 is 3.35. The predicted octanol–water partition coefficient (Wildman–Crippen LogP) is 4.29. The Morgan fingerprint density at radius 1 is 1.43 bits per heavy atom. The first-order valence-corrected chi connectivity index (χ1v) is 5.78. The van der Waals surface area contributed by atoms with Gasteiger partial charge in [0.2, 0.25) is 0 Å². The number of rotatable bonds is 3. The van der Waals surface area contributed by atoms with E-state index in [1.54, 1.807) is 22.7 Å². The van der Waals surface area contributed by atoms with E-state index in [0.29, 0.717) is 6.54 Å². The molecule has 0 bridgehead atoms. The molecule has 0 aliphatic heterocycles. The summed E-state index contributed by atoms with van der Waals surface area (Å²) in [6.07, 6.45) is 0. The number of hydrogen-bond acceptors (Lipinski definition) is 3. The fourth-order valence-electron chi connectivity index (χ4n) is 1.14. The molecule has 0 saturated carbocycles. The van der Waals surface area contributed by atoms with Gasteiger partial charge in [0.15, 0.2) is 0 Å². The van der Waals surface area contributed by atoms with Crippen LogP contribution in [0.25, 0.3) is 20.9 Å². The number of hydrogen-bond donors (Lipinski definition) is 0. The minimum Gasteiger partial charge on any atom is -0.148 e. The average Bonchev–Trinajstić information content (AvgIpc) is 2.85. The van der Waals surface area contributed by atoms with Crippen molar-refractivity contribution >= 4 is 22.7 Å². The van der Waals surface area contributed by atoms with Gasteiger partial charge in [-0.3, -0.25) is 0 Å². The van der Waals surface area contributed by atoms with Crippen molar-refractivity contribution in [3.05, 3.63) is 44.3 Å². The summed E-state index contributed by atoms with van der Waals surface area (Å²) in [5.41, 5.74) is 9.40. The second kappa shape index (κ2) is 4.28. The van der Waals surface area contributed by atoms with Crippen molar-refractivity contribution in [2.75, 3.05) is 0 Å². The van der Waals surface area contributed by atoms with Crippen LogP contribution in [0.5, 0.6) is 0 Å². The van der Waals surface area contributed by atoms with Gasteiger partial charge in [-0.25, -0.2) is 0 Å². The topological polar surface area (TPSA) is 48.8 Å². The molecule has 0 fully saturated rings. The van der Waals surface area contributed by atoms with Crippen LogP contribution in [0.15, 0.2) is 34.1 Å². The molecule has 14 heavy (non-hydrogen) atoms. The van der Waals surface area contributed by atoms with Gasteiger partial charge in [0.1, 0.15) is 0 Å². The highest BCUT2D eigenvalue weighted by Crippen LogP contribution is 2.29. The van der Waals surface area contributed by atoms with E-state index in [0.717, 1.165) is 4.88 Å². The number of thiophene rings is 2. The van der Waals surface area contributed by atoms with Crippen molar-refractivity contribution in [2.45, 2.75) is 6.54 Å². The fourth-order valence-corrected chi connectivity index (χ4v) is 2.73. The summed E-state index contributed by atoms with van der Waals surface area (Å²) in [5, 5.41) is 7.68. The van der Waals surface area contributed by atoms with Crippen LogP contribution in [0.1, 0.15) is 4.88 Å². The minimum atomic E-state index is 0.451. The monoisotopic (exact) mass is 221 g/mol. The number of nitrogens with zero attached hydrogens (tertiary/aromatic N) is 3. The van der Waals surface area contributed by atoms with Crippen molar-refractivity contribution in [2.24, 2.45) is 5.11 Å². The van der Waals surface area contributed by atoms with Crippen molar-refractivity contribution < 1.29 is 0 Å². The molecule has 0 amide bonds. The zero-order valence-electron chi connectivity index (χ0n) is 7.25. The third-order valence-electron chi connectivity index (χ3n) is 1.75. The highest BCUT2D eigenvalue weighted by atomic mass is 32.1. The van der Waals surface area contributed by atoms with E-state index in [2.05, 4.69) is 32.9 Å². The van der Waals surface area contributed by atoms with E-state index in [1.165, 1.54) is 10.4 Å². The molecule has 5 heteroatoms. The van der Waals surface area contributed by atoms with Crippen LogP contribution < -0.4 is 0 Å². The zero-order valence-corrected chi connectivity index (χ0v) is 8.88. The molecule has 0 saturated heterocycles. The molecule has 0 aliphatic carbocycles. The standard InChI is InChI=1S/C9H7N3S2/c10-12-11-5-8-4-7(6-14-8)9-2-1-3-13-9/h1-4,6H,5H2. The Morgan fingerprint density at radius 3 is 3.07 bits per heavy atom. The van der Waals surface area contributed by atoms with Gasteiger partial charge in [-0.15, -0.1) is 22.7 Å². The molecule has 0 aliphatic rings. The summed E-state index contributed by atoms with van der Waals surface area (Å²) in [6.45, 7) is 0.451. The highest BCUT2D eigenvalue weighted by Gasteiger charge is 2.01. The van der Waals surface area contributed by atoms with Gasteiger partial charge < -0.3 is 0 Å². The van der Waals surface area contributed by atoms with Crippen molar-refractivity contribution in [3.63, 3.8) is 0 Å². The van der Waals surface area contributed by atoms with E-state index in [4.69, 9.17) is 5.53 Å². The van der Waals surface area contributed by atoms with Crippen LogP contribution >= 0.6 is 22.7 Å². The van der Waals surface area contributed by atoms with E-state index in [1.807, 2.05) is 6.07 Å². The Bertz CT molecular complexity index is 452. The van der Waals surface area contributed by atoms with Crippen LogP contribution in [0, 0.1) is 0 Å². The highest BCUT2D eigenvalue weighted by molar-refractivity contribution is 7.14. The molecule has 0 aromatic carbocycles. The molecule has 0 N–H and O–H groups in total. The van der Waals surface area contributed by atoms with E-state index >= 15 is 0 Å². The summed E-state index contributed by atoms with van der Waals surface area (Å²) < 4.78 is 0. The van der Waals surface area contributed by atoms with Gasteiger partial charge in [-0.2, -0.15) is 0 Å². The van der Waals surface area contributed by atoms with Gasteiger partial charge in [0, 0.05) is 20.2 Å². The van der Waals surface area contributed by atoms with Crippen molar-refractivity contribution in [1.29, 1.82) is 0 Å². The fraction of sp³-hybridized carbons (Fsp3) is 0.111. The summed E-state index contributed by atoms with van der Waals surface area (Å²) in [7, 11) is 0. The Kier molecular flexibility index (Phi) is 2.84. The predicted molar refractivity (Wildman–Crippen MR) is 60.5 cm³/mol. The first-order chi connectivity index (χ1) is 6.90. The Balaban J connectivity index is 2.22. The second-order valence-electron chi connectivity index (χ2n) is 2.67. The van der Waals surface area contributed by atoms with Crippen LogP contribution in [-0.4, -0.2) is 0 Å². The normalized spacial score (nSPS) is 9.71. The SMILES string of the molecule is [N-]=[N+]=NCc1cc(-c2cccs2)cs1. The smallest absolute Gasteiger partial charge is 0.0605 e. The Hall–Kier alpha value is -1.29. The Morgan fingerprint density at radius 2 is 2.36 bits per heavy atom. The van der Waals surface area contributed by atoms with Gasteiger partial charge in [-0.1, -0.05) is 11.2 Å². The quantitative estimate of drug-likeness (QED) is 0.422. The van der Waals surface area contributed by atoms with E-state index < -0.39 is 0 Å². The summed E-state index contributed by atoms with van der Waals surface area (Å²) in [5.74, 6) is 0. The van der Waals surface area contributed by atoms with Crippen LogP contribution in [0.3, 0.4) is 0 Å². The van der Waals surface area contributed by atoms with Gasteiger partial charge in [-0.05, 0) is 28.4 Å². The molecular weight excluding hydrogens is 214 g/mol. The second-order valence-corrected chi connectivity index (χ2v) is 4.61. The third kappa shape index (κ3) is 1.96. The van der Waals surface area contributed by atoms with E-state index in [9.17, 15) is 0 Å². The largest absolute Gasteiger partial charge is 0.148 e. The zero-order chi connectivity index (χ0) is 9.80. The maximum absolute atomic E-state index is 8.18. The lowest BCUT2D eigenvalue weighted by molar-refractivity contribution is 1.08. The average molecular weight is 221 g/mol. The van der Waals surface area contributed by atoms with E-state index in [-0.39, 0.29) is 0 Å². The molecule has 0 spiro atoms. The first-order valence-electron chi connectivity index (χ1n) is 4.02. The van der Waals surface area contributed by atoms with Gasteiger partial charge >= 0.3 is 0 Å². The summed E-state index contributed by atoms with van der Waals surface area (Å²) in [6, 6.07) is 6.19. The van der Waals surface area contributed by atoms with Gasteiger partial charge in [0.05, 0.1) is 6.54 Å². The molecule has 2 heterocycles. The maximum atomic E-state index is 8.18.